The predicted octanol–water partition coefficient (Wildman–Crippen LogP) is 3.13. The molecule has 1 aromatic carbocycles. The van der Waals surface area contributed by atoms with Crippen molar-refractivity contribution in [2.75, 3.05) is 19.6 Å². The number of carbonyl (C=O) groups is 2. The summed E-state index contributed by atoms with van der Waals surface area (Å²) in [5.74, 6) is 0.0429. The number of hydrogen-bond acceptors (Lipinski definition) is 3. The van der Waals surface area contributed by atoms with Crippen molar-refractivity contribution < 1.29 is 9.59 Å². The fourth-order valence-electron chi connectivity index (χ4n) is 3.86. The molecule has 1 saturated heterocycles. The number of nitrogens with one attached hydrogen (secondary N) is 1. The third-order valence-corrected chi connectivity index (χ3v) is 5.37. The lowest BCUT2D eigenvalue weighted by molar-refractivity contribution is -0.133. The summed E-state index contributed by atoms with van der Waals surface area (Å²) < 4.78 is 0. The lowest BCUT2D eigenvalue weighted by Crippen LogP contribution is -2.44. The molecule has 2 heterocycles. The van der Waals surface area contributed by atoms with Crippen LogP contribution < -0.4 is 5.32 Å². The summed E-state index contributed by atoms with van der Waals surface area (Å²) in [5.41, 5.74) is 5.97. The fraction of sp³-hybridized carbons (Fsp3) is 0.435. The van der Waals surface area contributed by atoms with Gasteiger partial charge in [-0.1, -0.05) is 24.3 Å². The Morgan fingerprint density at radius 3 is 2.75 bits per heavy atom. The standard InChI is InChI=1S/C23H29N3O2/c1-16-7-4-5-8-20(16)12-19-11-17(2)25-22(13-19)21-9-6-10-26(15-21)23(28)14-24-18(3)27/h4-5,7-8,11,13,21H,6,9-10,12,14-15H2,1-3H3,(H,24,27). The van der Waals surface area contributed by atoms with Gasteiger partial charge in [0.05, 0.1) is 6.54 Å². The van der Waals surface area contributed by atoms with Gasteiger partial charge in [0.2, 0.25) is 11.8 Å². The highest BCUT2D eigenvalue weighted by Gasteiger charge is 2.26. The van der Waals surface area contributed by atoms with Gasteiger partial charge < -0.3 is 10.2 Å². The number of likely N-dealkylation sites (tertiary alicyclic amines) is 1. The highest BCUT2D eigenvalue weighted by molar-refractivity contribution is 5.83. The number of nitrogens with zero attached hydrogens (tertiary/aromatic N) is 2. The van der Waals surface area contributed by atoms with Crippen LogP contribution in [0.3, 0.4) is 0 Å². The van der Waals surface area contributed by atoms with Crippen LogP contribution in [0.5, 0.6) is 0 Å². The lowest BCUT2D eigenvalue weighted by atomic mass is 9.92. The van der Waals surface area contributed by atoms with E-state index in [0.717, 1.165) is 37.2 Å². The van der Waals surface area contributed by atoms with Gasteiger partial charge in [-0.25, -0.2) is 0 Å². The summed E-state index contributed by atoms with van der Waals surface area (Å²) in [6.45, 7) is 7.09. The molecule has 2 amide bonds. The van der Waals surface area contributed by atoms with Gasteiger partial charge in [-0.2, -0.15) is 0 Å². The maximum absolute atomic E-state index is 12.4. The first-order valence-corrected chi connectivity index (χ1v) is 9.96. The second kappa shape index (κ2) is 9.00. The molecular weight excluding hydrogens is 350 g/mol. The molecule has 1 atom stereocenters. The third-order valence-electron chi connectivity index (χ3n) is 5.37. The number of carbonyl (C=O) groups excluding carboxylic acids is 2. The van der Waals surface area contributed by atoms with Crippen LogP contribution in [0.2, 0.25) is 0 Å². The SMILES string of the molecule is CC(=O)NCC(=O)N1CCCC(c2cc(Cc3ccccc3C)cc(C)n2)C1. The van der Waals surface area contributed by atoms with Crippen LogP contribution in [0.1, 0.15) is 53.8 Å². The van der Waals surface area contributed by atoms with Crippen LogP contribution >= 0.6 is 0 Å². The van der Waals surface area contributed by atoms with Crippen molar-refractivity contribution in [3.05, 3.63) is 64.5 Å². The molecule has 0 spiro atoms. The van der Waals surface area contributed by atoms with Gasteiger partial charge in [0.1, 0.15) is 0 Å². The predicted molar refractivity (Wildman–Crippen MR) is 110 cm³/mol. The van der Waals surface area contributed by atoms with Crippen LogP contribution in [0.4, 0.5) is 0 Å². The van der Waals surface area contributed by atoms with Gasteiger partial charge in [-0.3, -0.25) is 14.6 Å². The van der Waals surface area contributed by atoms with Crippen LogP contribution in [-0.4, -0.2) is 41.3 Å². The maximum atomic E-state index is 12.4. The Balaban J connectivity index is 1.74. The Labute approximate surface area is 167 Å². The Morgan fingerprint density at radius 2 is 2.00 bits per heavy atom. The lowest BCUT2D eigenvalue weighted by Gasteiger charge is -2.33. The summed E-state index contributed by atoms with van der Waals surface area (Å²) in [7, 11) is 0. The monoisotopic (exact) mass is 379 g/mol. The molecule has 148 valence electrons. The minimum absolute atomic E-state index is 0.0207. The fourth-order valence-corrected chi connectivity index (χ4v) is 3.86. The Morgan fingerprint density at radius 1 is 1.21 bits per heavy atom. The van der Waals surface area contributed by atoms with Crippen molar-refractivity contribution in [2.45, 2.75) is 46.0 Å². The Hall–Kier alpha value is -2.69. The molecule has 0 aliphatic carbocycles. The van der Waals surface area contributed by atoms with Crippen LogP contribution in [-0.2, 0) is 16.0 Å². The van der Waals surface area contributed by atoms with Crippen molar-refractivity contribution in [2.24, 2.45) is 0 Å². The largest absolute Gasteiger partial charge is 0.347 e. The first-order valence-electron chi connectivity index (χ1n) is 9.96. The first kappa shape index (κ1) is 20.1. The molecule has 0 saturated carbocycles. The molecule has 5 nitrogen and oxygen atoms in total. The average molecular weight is 380 g/mol. The molecule has 1 fully saturated rings. The molecule has 1 aromatic heterocycles. The minimum atomic E-state index is -0.178. The minimum Gasteiger partial charge on any atom is -0.347 e. The molecule has 3 rings (SSSR count). The Kier molecular flexibility index (Phi) is 6.45. The summed E-state index contributed by atoms with van der Waals surface area (Å²) in [5, 5.41) is 2.60. The van der Waals surface area contributed by atoms with Crippen molar-refractivity contribution in [3.63, 3.8) is 0 Å². The maximum Gasteiger partial charge on any atom is 0.241 e. The second-order valence-electron chi connectivity index (χ2n) is 7.73. The van der Waals surface area contributed by atoms with E-state index in [-0.39, 0.29) is 24.3 Å². The molecule has 2 aromatic rings. The van der Waals surface area contributed by atoms with E-state index in [9.17, 15) is 9.59 Å². The molecule has 1 N–H and O–H groups in total. The van der Waals surface area contributed by atoms with Crippen molar-refractivity contribution in [3.8, 4) is 0 Å². The van der Waals surface area contributed by atoms with Crippen molar-refractivity contribution in [1.29, 1.82) is 0 Å². The third kappa shape index (κ3) is 5.18. The Bertz CT molecular complexity index is 863. The number of benzene rings is 1. The van der Waals surface area contributed by atoms with E-state index in [4.69, 9.17) is 4.98 Å². The normalized spacial score (nSPS) is 16.7. The molecule has 0 radical (unpaired) electrons. The summed E-state index contributed by atoms with van der Waals surface area (Å²) in [6.07, 6.45) is 2.88. The molecule has 28 heavy (non-hydrogen) atoms. The molecule has 1 aliphatic heterocycles. The molecule has 1 aliphatic rings. The number of aromatic nitrogens is 1. The summed E-state index contributed by atoms with van der Waals surface area (Å²) >= 11 is 0. The number of piperidine rings is 1. The van der Waals surface area contributed by atoms with E-state index < -0.39 is 0 Å². The highest BCUT2D eigenvalue weighted by Crippen LogP contribution is 2.27. The van der Waals surface area contributed by atoms with Crippen LogP contribution in [0.25, 0.3) is 0 Å². The summed E-state index contributed by atoms with van der Waals surface area (Å²) in [6, 6.07) is 12.8. The number of amides is 2. The first-order chi connectivity index (χ1) is 13.4. The van der Waals surface area contributed by atoms with Gasteiger partial charge in [-0.05, 0) is 61.9 Å². The van der Waals surface area contributed by atoms with E-state index in [2.05, 4.69) is 48.6 Å². The van der Waals surface area contributed by atoms with Gasteiger partial charge >= 0.3 is 0 Å². The van der Waals surface area contributed by atoms with E-state index in [0.29, 0.717) is 6.54 Å². The zero-order valence-corrected chi connectivity index (χ0v) is 17.0. The number of rotatable bonds is 5. The van der Waals surface area contributed by atoms with Gasteiger partial charge in [0, 0.05) is 37.3 Å². The molecular formula is C23H29N3O2. The van der Waals surface area contributed by atoms with Crippen LogP contribution in [0.15, 0.2) is 36.4 Å². The van der Waals surface area contributed by atoms with Gasteiger partial charge in [-0.15, -0.1) is 0 Å². The molecule has 1 unspecified atom stereocenters. The van der Waals surface area contributed by atoms with Gasteiger partial charge in [0.25, 0.3) is 0 Å². The van der Waals surface area contributed by atoms with E-state index in [1.165, 1.54) is 23.6 Å². The smallest absolute Gasteiger partial charge is 0.241 e. The molecule has 5 heteroatoms. The summed E-state index contributed by atoms with van der Waals surface area (Å²) in [4.78, 5) is 30.1. The van der Waals surface area contributed by atoms with Gasteiger partial charge in [0.15, 0.2) is 0 Å². The highest BCUT2D eigenvalue weighted by atomic mass is 16.2. The van der Waals surface area contributed by atoms with E-state index in [1.807, 2.05) is 11.8 Å². The quantitative estimate of drug-likeness (QED) is 0.868. The number of hydrogen-bond donors (Lipinski definition) is 1. The number of aryl methyl sites for hydroxylation is 2. The van der Waals surface area contributed by atoms with E-state index >= 15 is 0 Å². The average Bonchev–Trinajstić information content (AvgIpc) is 2.67. The van der Waals surface area contributed by atoms with Crippen LogP contribution in [0, 0.1) is 13.8 Å². The second-order valence-corrected chi connectivity index (χ2v) is 7.73. The van der Waals surface area contributed by atoms with Crippen molar-refractivity contribution >= 4 is 11.8 Å². The number of pyridine rings is 1. The molecule has 0 bridgehead atoms. The van der Waals surface area contributed by atoms with Crippen molar-refractivity contribution in [1.82, 2.24) is 15.2 Å². The topological polar surface area (TPSA) is 62.3 Å². The van der Waals surface area contributed by atoms with E-state index in [1.54, 1.807) is 0 Å². The zero-order valence-electron chi connectivity index (χ0n) is 17.0. The zero-order chi connectivity index (χ0) is 20.1.